The van der Waals surface area contributed by atoms with Crippen LogP contribution in [-0.2, 0) is 11.3 Å². The Bertz CT molecular complexity index is 420. The molecule has 3 N–H and O–H groups in total. The topological polar surface area (TPSA) is 70.2 Å². The average Bonchev–Trinajstić information content (AvgIpc) is 2.81. The number of carbonyl (C=O) groups is 2. The van der Waals surface area contributed by atoms with Crippen molar-refractivity contribution >= 4 is 11.9 Å². The van der Waals surface area contributed by atoms with Crippen molar-refractivity contribution in [2.24, 2.45) is 5.92 Å². The summed E-state index contributed by atoms with van der Waals surface area (Å²) in [6, 6.07) is 9.53. The van der Waals surface area contributed by atoms with E-state index >= 15 is 0 Å². The van der Waals surface area contributed by atoms with Crippen LogP contribution < -0.4 is 16.0 Å². The number of nitrogens with one attached hydrogen (secondary N) is 3. The molecular formula is C13H17N3O2. The van der Waals surface area contributed by atoms with Gasteiger partial charge in [0.15, 0.2) is 0 Å². The van der Waals surface area contributed by atoms with Crippen LogP contribution in [0.1, 0.15) is 12.0 Å². The summed E-state index contributed by atoms with van der Waals surface area (Å²) in [5.74, 6) is 0.270. The number of carbonyl (C=O) groups excluding carboxylic acids is 2. The third kappa shape index (κ3) is 3.76. The summed E-state index contributed by atoms with van der Waals surface area (Å²) in [4.78, 5) is 22.5. The number of urea groups is 1. The maximum Gasteiger partial charge on any atom is 0.315 e. The molecule has 1 saturated heterocycles. The second-order valence-electron chi connectivity index (χ2n) is 4.42. The van der Waals surface area contributed by atoms with Gasteiger partial charge in [0.2, 0.25) is 5.91 Å². The number of rotatable bonds is 4. The zero-order chi connectivity index (χ0) is 12.8. The fraction of sp³-hybridized carbons (Fsp3) is 0.385. The molecule has 0 radical (unpaired) electrons. The first-order chi connectivity index (χ1) is 8.74. The van der Waals surface area contributed by atoms with Gasteiger partial charge >= 0.3 is 6.03 Å². The van der Waals surface area contributed by atoms with Gasteiger partial charge in [0.1, 0.15) is 0 Å². The fourth-order valence-corrected chi connectivity index (χ4v) is 1.89. The highest BCUT2D eigenvalue weighted by atomic mass is 16.2. The number of hydrogen-bond donors (Lipinski definition) is 3. The first-order valence-electron chi connectivity index (χ1n) is 6.06. The van der Waals surface area contributed by atoms with E-state index in [0.717, 1.165) is 5.56 Å². The lowest BCUT2D eigenvalue weighted by molar-refractivity contribution is -0.119. The molecular weight excluding hydrogens is 230 g/mol. The molecule has 2 rings (SSSR count). The van der Waals surface area contributed by atoms with Crippen molar-refractivity contribution in [1.29, 1.82) is 0 Å². The van der Waals surface area contributed by atoms with Crippen molar-refractivity contribution in [1.82, 2.24) is 16.0 Å². The number of benzene rings is 1. The van der Waals surface area contributed by atoms with Gasteiger partial charge in [-0.2, -0.15) is 0 Å². The predicted octanol–water partition coefficient (Wildman–Crippen LogP) is 0.622. The molecule has 1 unspecified atom stereocenters. The summed E-state index contributed by atoms with van der Waals surface area (Å²) in [5.41, 5.74) is 1.06. The van der Waals surface area contributed by atoms with Crippen LogP contribution in [0.15, 0.2) is 30.3 Å². The molecule has 18 heavy (non-hydrogen) atoms. The zero-order valence-corrected chi connectivity index (χ0v) is 10.1. The molecule has 5 heteroatoms. The van der Waals surface area contributed by atoms with E-state index < -0.39 is 0 Å². The highest BCUT2D eigenvalue weighted by molar-refractivity contribution is 5.78. The van der Waals surface area contributed by atoms with Crippen molar-refractivity contribution in [2.45, 2.75) is 13.0 Å². The number of hydrogen-bond acceptors (Lipinski definition) is 2. The van der Waals surface area contributed by atoms with Gasteiger partial charge in [-0.25, -0.2) is 4.79 Å². The molecule has 1 aromatic rings. The minimum absolute atomic E-state index is 0.0616. The lowest BCUT2D eigenvalue weighted by atomic mass is 10.1. The molecule has 0 saturated carbocycles. The van der Waals surface area contributed by atoms with E-state index in [2.05, 4.69) is 16.0 Å². The lowest BCUT2D eigenvalue weighted by Gasteiger charge is -2.10. The van der Waals surface area contributed by atoms with E-state index in [1.165, 1.54) is 0 Å². The summed E-state index contributed by atoms with van der Waals surface area (Å²) in [7, 11) is 0. The Kier molecular flexibility index (Phi) is 4.17. The van der Waals surface area contributed by atoms with Crippen LogP contribution in [0, 0.1) is 5.92 Å². The molecule has 0 aliphatic carbocycles. The summed E-state index contributed by atoms with van der Waals surface area (Å²) in [6.45, 7) is 1.69. The predicted molar refractivity (Wildman–Crippen MR) is 67.8 cm³/mol. The smallest absolute Gasteiger partial charge is 0.315 e. The first kappa shape index (κ1) is 12.4. The minimum Gasteiger partial charge on any atom is -0.356 e. The third-order valence-electron chi connectivity index (χ3n) is 2.91. The van der Waals surface area contributed by atoms with Gasteiger partial charge in [0, 0.05) is 32.0 Å². The first-order valence-corrected chi connectivity index (χ1v) is 6.06. The monoisotopic (exact) mass is 247 g/mol. The van der Waals surface area contributed by atoms with Crippen LogP contribution in [0.3, 0.4) is 0 Å². The normalized spacial score (nSPS) is 18.2. The van der Waals surface area contributed by atoms with E-state index in [4.69, 9.17) is 0 Å². The number of amides is 3. The largest absolute Gasteiger partial charge is 0.356 e. The summed E-state index contributed by atoms with van der Waals surface area (Å²) in [5, 5.41) is 8.29. The maximum atomic E-state index is 11.5. The SMILES string of the molecule is O=C1CC(CNC(=O)NCc2ccccc2)CN1. The van der Waals surface area contributed by atoms with Gasteiger partial charge in [-0.15, -0.1) is 0 Å². The van der Waals surface area contributed by atoms with Gasteiger partial charge < -0.3 is 16.0 Å². The summed E-state index contributed by atoms with van der Waals surface area (Å²) >= 11 is 0. The zero-order valence-electron chi connectivity index (χ0n) is 10.1. The molecule has 1 aromatic carbocycles. The van der Waals surface area contributed by atoms with E-state index in [1.54, 1.807) is 0 Å². The van der Waals surface area contributed by atoms with Gasteiger partial charge in [-0.1, -0.05) is 30.3 Å². The molecule has 0 aromatic heterocycles. The maximum absolute atomic E-state index is 11.5. The van der Waals surface area contributed by atoms with E-state index in [1.807, 2.05) is 30.3 Å². The standard InChI is InChI=1S/C13H17N3O2/c17-12-6-11(8-14-12)9-16-13(18)15-7-10-4-2-1-3-5-10/h1-5,11H,6-9H2,(H,14,17)(H2,15,16,18). The highest BCUT2D eigenvalue weighted by Crippen LogP contribution is 2.06. The van der Waals surface area contributed by atoms with Gasteiger partial charge in [-0.3, -0.25) is 4.79 Å². The van der Waals surface area contributed by atoms with Crippen molar-refractivity contribution in [3.63, 3.8) is 0 Å². The Morgan fingerprint density at radius 2 is 2.06 bits per heavy atom. The molecule has 1 atom stereocenters. The van der Waals surface area contributed by atoms with Crippen LogP contribution in [0.4, 0.5) is 4.79 Å². The van der Waals surface area contributed by atoms with Crippen molar-refractivity contribution in [2.75, 3.05) is 13.1 Å². The van der Waals surface area contributed by atoms with Gasteiger partial charge in [0.05, 0.1) is 0 Å². The molecule has 1 heterocycles. The van der Waals surface area contributed by atoms with Crippen molar-refractivity contribution < 1.29 is 9.59 Å². The fourth-order valence-electron chi connectivity index (χ4n) is 1.89. The summed E-state index contributed by atoms with van der Waals surface area (Å²) in [6.07, 6.45) is 0.499. The van der Waals surface area contributed by atoms with E-state index in [9.17, 15) is 9.59 Å². The Morgan fingerprint density at radius 3 is 2.72 bits per heavy atom. The second kappa shape index (κ2) is 6.05. The minimum atomic E-state index is -0.196. The van der Waals surface area contributed by atoms with Crippen LogP contribution in [0.25, 0.3) is 0 Å². The van der Waals surface area contributed by atoms with Crippen molar-refractivity contribution in [3.05, 3.63) is 35.9 Å². The quantitative estimate of drug-likeness (QED) is 0.730. The van der Waals surface area contributed by atoms with Crippen molar-refractivity contribution in [3.8, 4) is 0 Å². The molecule has 1 aliphatic rings. The molecule has 1 fully saturated rings. The van der Waals surface area contributed by atoms with Crippen LogP contribution in [0.5, 0.6) is 0 Å². The van der Waals surface area contributed by atoms with Gasteiger partial charge in [-0.05, 0) is 5.56 Å². The Morgan fingerprint density at radius 1 is 1.28 bits per heavy atom. The third-order valence-corrected chi connectivity index (χ3v) is 2.91. The van der Waals surface area contributed by atoms with Crippen LogP contribution >= 0.6 is 0 Å². The molecule has 0 spiro atoms. The Labute approximate surface area is 106 Å². The van der Waals surface area contributed by atoms with Gasteiger partial charge in [0.25, 0.3) is 0 Å². The molecule has 0 bridgehead atoms. The van der Waals surface area contributed by atoms with Crippen LogP contribution in [-0.4, -0.2) is 25.0 Å². The molecule has 3 amide bonds. The molecule has 96 valence electrons. The Balaban J connectivity index is 1.65. The van der Waals surface area contributed by atoms with E-state index in [-0.39, 0.29) is 17.9 Å². The molecule has 1 aliphatic heterocycles. The van der Waals surface area contributed by atoms with E-state index in [0.29, 0.717) is 26.1 Å². The Hall–Kier alpha value is -2.04. The molecule has 5 nitrogen and oxygen atoms in total. The van der Waals surface area contributed by atoms with Crippen LogP contribution in [0.2, 0.25) is 0 Å². The second-order valence-corrected chi connectivity index (χ2v) is 4.42. The average molecular weight is 247 g/mol. The summed E-state index contributed by atoms with van der Waals surface area (Å²) < 4.78 is 0. The highest BCUT2D eigenvalue weighted by Gasteiger charge is 2.21. The lowest BCUT2D eigenvalue weighted by Crippen LogP contribution is -2.38.